The van der Waals surface area contributed by atoms with Crippen molar-refractivity contribution in [3.8, 4) is 0 Å². The second-order valence-electron chi connectivity index (χ2n) is 6.84. The molecule has 0 fully saturated rings. The zero-order valence-corrected chi connectivity index (χ0v) is 13.9. The Hall–Kier alpha value is -1.36. The number of nitrogens with one attached hydrogen (secondary N) is 1. The Morgan fingerprint density at radius 2 is 1.80 bits per heavy atom. The first-order chi connectivity index (χ1) is 9.00. The molecule has 1 aromatic rings. The van der Waals surface area contributed by atoms with E-state index in [0.717, 1.165) is 0 Å². The third-order valence-electron chi connectivity index (χ3n) is 2.60. The largest absolute Gasteiger partial charge is 0.350 e. The summed E-state index contributed by atoms with van der Waals surface area (Å²) in [6.07, 6.45) is 0. The molecule has 1 aromatic heterocycles. The van der Waals surface area contributed by atoms with Crippen LogP contribution in [0.3, 0.4) is 0 Å². The summed E-state index contributed by atoms with van der Waals surface area (Å²) in [5, 5.41) is 4.76. The van der Waals surface area contributed by atoms with E-state index in [9.17, 15) is 9.59 Å². The summed E-state index contributed by atoms with van der Waals surface area (Å²) in [7, 11) is 0. The van der Waals surface area contributed by atoms with Gasteiger partial charge < -0.3 is 10.2 Å². The maximum Gasteiger partial charge on any atom is 0.264 e. The molecule has 0 unspecified atom stereocenters. The maximum atomic E-state index is 12.5. The van der Waals surface area contributed by atoms with Crippen LogP contribution < -0.4 is 5.32 Å². The first-order valence-corrected chi connectivity index (χ1v) is 7.55. The van der Waals surface area contributed by atoms with Gasteiger partial charge in [0, 0.05) is 11.1 Å². The van der Waals surface area contributed by atoms with Crippen LogP contribution in [0, 0.1) is 0 Å². The van der Waals surface area contributed by atoms with Crippen molar-refractivity contribution in [2.24, 2.45) is 0 Å². The fraction of sp³-hybridized carbons (Fsp3) is 0.600. The van der Waals surface area contributed by atoms with Gasteiger partial charge in [0.1, 0.15) is 6.54 Å². The van der Waals surface area contributed by atoms with Crippen LogP contribution in [-0.4, -0.2) is 34.3 Å². The molecule has 0 aromatic carbocycles. The minimum atomic E-state index is -0.406. The van der Waals surface area contributed by atoms with Gasteiger partial charge in [0.05, 0.1) is 4.88 Å². The van der Waals surface area contributed by atoms with Crippen molar-refractivity contribution in [3.05, 3.63) is 22.4 Å². The fourth-order valence-electron chi connectivity index (χ4n) is 1.75. The lowest BCUT2D eigenvalue weighted by Crippen LogP contribution is -2.52. The number of rotatable bonds is 3. The highest BCUT2D eigenvalue weighted by atomic mass is 32.1. The van der Waals surface area contributed by atoms with Crippen LogP contribution in [0.25, 0.3) is 0 Å². The van der Waals surface area contributed by atoms with Crippen molar-refractivity contribution in [2.45, 2.75) is 52.6 Å². The van der Waals surface area contributed by atoms with Gasteiger partial charge in [-0.3, -0.25) is 9.59 Å². The maximum absolute atomic E-state index is 12.5. The van der Waals surface area contributed by atoms with E-state index in [2.05, 4.69) is 5.32 Å². The highest BCUT2D eigenvalue weighted by Crippen LogP contribution is 2.20. The van der Waals surface area contributed by atoms with Crippen molar-refractivity contribution in [2.75, 3.05) is 6.54 Å². The first kappa shape index (κ1) is 16.7. The van der Waals surface area contributed by atoms with Crippen LogP contribution in [0.2, 0.25) is 0 Å². The first-order valence-electron chi connectivity index (χ1n) is 6.67. The van der Waals surface area contributed by atoms with Crippen LogP contribution in [0.1, 0.15) is 51.2 Å². The number of amides is 2. The molecule has 0 radical (unpaired) electrons. The van der Waals surface area contributed by atoms with Gasteiger partial charge in [-0.1, -0.05) is 6.07 Å². The highest BCUT2D eigenvalue weighted by Gasteiger charge is 2.30. The number of thiophene rings is 1. The summed E-state index contributed by atoms with van der Waals surface area (Å²) < 4.78 is 0. The topological polar surface area (TPSA) is 49.4 Å². The van der Waals surface area contributed by atoms with Gasteiger partial charge in [0.15, 0.2) is 0 Å². The lowest BCUT2D eigenvalue weighted by Gasteiger charge is -2.35. The van der Waals surface area contributed by atoms with Crippen LogP contribution >= 0.6 is 11.3 Å². The molecule has 1 heterocycles. The lowest BCUT2D eigenvalue weighted by molar-refractivity contribution is -0.124. The van der Waals surface area contributed by atoms with Crippen molar-refractivity contribution < 1.29 is 9.59 Å². The Morgan fingerprint density at radius 3 is 2.20 bits per heavy atom. The van der Waals surface area contributed by atoms with Crippen molar-refractivity contribution in [1.82, 2.24) is 10.2 Å². The van der Waals surface area contributed by atoms with E-state index < -0.39 is 5.54 Å². The summed E-state index contributed by atoms with van der Waals surface area (Å²) >= 11 is 1.39. The van der Waals surface area contributed by atoms with Crippen LogP contribution in [0.15, 0.2) is 17.5 Å². The monoisotopic (exact) mass is 296 g/mol. The van der Waals surface area contributed by atoms with Crippen molar-refractivity contribution >= 4 is 23.2 Å². The van der Waals surface area contributed by atoms with Gasteiger partial charge in [-0.15, -0.1) is 11.3 Å². The molecule has 1 N–H and O–H groups in total. The molecule has 0 aliphatic heterocycles. The zero-order valence-electron chi connectivity index (χ0n) is 13.1. The van der Waals surface area contributed by atoms with Crippen LogP contribution in [0.4, 0.5) is 0 Å². The minimum Gasteiger partial charge on any atom is -0.350 e. The molecule has 1 rings (SSSR count). The Bertz CT molecular complexity index is 467. The number of carbonyl (C=O) groups excluding carboxylic acids is 2. The Labute approximate surface area is 125 Å². The summed E-state index contributed by atoms with van der Waals surface area (Å²) in [5.41, 5.74) is -0.705. The predicted molar refractivity (Wildman–Crippen MR) is 83.0 cm³/mol. The summed E-state index contributed by atoms with van der Waals surface area (Å²) in [5.74, 6) is -0.242. The van der Waals surface area contributed by atoms with E-state index in [1.807, 2.05) is 53.0 Å². The van der Waals surface area contributed by atoms with Gasteiger partial charge in [-0.05, 0) is 53.0 Å². The molecule has 5 heteroatoms. The third-order valence-corrected chi connectivity index (χ3v) is 3.46. The summed E-state index contributed by atoms with van der Waals surface area (Å²) in [6.45, 7) is 11.6. The van der Waals surface area contributed by atoms with E-state index in [4.69, 9.17) is 0 Å². The lowest BCUT2D eigenvalue weighted by atomic mass is 10.0. The van der Waals surface area contributed by atoms with Crippen LogP contribution in [-0.2, 0) is 4.79 Å². The summed E-state index contributed by atoms with van der Waals surface area (Å²) in [4.78, 5) is 26.9. The van der Waals surface area contributed by atoms with Gasteiger partial charge in [0.2, 0.25) is 5.91 Å². The quantitative estimate of drug-likeness (QED) is 0.932. The molecule has 20 heavy (non-hydrogen) atoms. The van der Waals surface area contributed by atoms with E-state index in [1.54, 1.807) is 11.0 Å². The normalized spacial score (nSPS) is 12.1. The average Bonchev–Trinajstić information content (AvgIpc) is 2.74. The molecule has 0 aliphatic carbocycles. The Morgan fingerprint density at radius 1 is 1.20 bits per heavy atom. The highest BCUT2D eigenvalue weighted by molar-refractivity contribution is 7.12. The Kier molecular flexibility index (Phi) is 4.97. The zero-order chi connectivity index (χ0) is 15.6. The summed E-state index contributed by atoms with van der Waals surface area (Å²) in [6, 6.07) is 3.63. The molecule has 0 aliphatic rings. The Balaban J connectivity index is 2.87. The fourth-order valence-corrected chi connectivity index (χ4v) is 2.42. The molecule has 2 amide bonds. The molecular formula is C15H24N2O2S. The molecule has 0 spiro atoms. The molecule has 112 valence electrons. The molecule has 0 bridgehead atoms. The SMILES string of the molecule is CC(C)(C)NC(=O)CN(C(=O)c1cccs1)C(C)(C)C. The van der Waals surface area contributed by atoms with Crippen molar-refractivity contribution in [3.63, 3.8) is 0 Å². The predicted octanol–water partition coefficient (Wildman–Crippen LogP) is 2.90. The van der Waals surface area contributed by atoms with E-state index >= 15 is 0 Å². The van der Waals surface area contributed by atoms with E-state index in [1.165, 1.54) is 11.3 Å². The second kappa shape index (κ2) is 5.95. The van der Waals surface area contributed by atoms with E-state index in [0.29, 0.717) is 4.88 Å². The van der Waals surface area contributed by atoms with Gasteiger partial charge in [-0.25, -0.2) is 0 Å². The van der Waals surface area contributed by atoms with E-state index in [-0.39, 0.29) is 23.9 Å². The van der Waals surface area contributed by atoms with Crippen LogP contribution in [0.5, 0.6) is 0 Å². The minimum absolute atomic E-state index is 0.0670. The average molecular weight is 296 g/mol. The molecule has 0 atom stereocenters. The number of hydrogen-bond acceptors (Lipinski definition) is 3. The molecule has 4 nitrogen and oxygen atoms in total. The smallest absolute Gasteiger partial charge is 0.264 e. The van der Waals surface area contributed by atoms with Crippen molar-refractivity contribution in [1.29, 1.82) is 0 Å². The number of nitrogens with zero attached hydrogens (tertiary/aromatic N) is 1. The molecule has 0 saturated carbocycles. The molecule has 0 saturated heterocycles. The van der Waals surface area contributed by atoms with Gasteiger partial charge in [-0.2, -0.15) is 0 Å². The second-order valence-corrected chi connectivity index (χ2v) is 7.79. The number of carbonyl (C=O) groups is 2. The third kappa shape index (κ3) is 4.96. The van der Waals surface area contributed by atoms with Gasteiger partial charge in [0.25, 0.3) is 5.91 Å². The van der Waals surface area contributed by atoms with Gasteiger partial charge >= 0.3 is 0 Å². The number of hydrogen-bond donors (Lipinski definition) is 1. The standard InChI is InChI=1S/C15H24N2O2S/c1-14(2,3)16-12(18)10-17(15(4,5)6)13(19)11-8-7-9-20-11/h7-9H,10H2,1-6H3,(H,16,18). The molecular weight excluding hydrogens is 272 g/mol.